The molecule has 1 fully saturated rings. The second kappa shape index (κ2) is 5.98. The Balaban J connectivity index is 1.93. The minimum atomic E-state index is 0.524. The van der Waals surface area contributed by atoms with Crippen LogP contribution < -0.4 is 4.74 Å². The molecule has 4 heteroatoms. The van der Waals surface area contributed by atoms with Crippen LogP contribution in [0.15, 0.2) is 18.3 Å². The van der Waals surface area contributed by atoms with Crippen LogP contribution in [0.1, 0.15) is 24.4 Å². The molecule has 0 N–H and O–H groups in total. The third kappa shape index (κ3) is 3.17. The zero-order chi connectivity index (χ0) is 12.1. The van der Waals surface area contributed by atoms with Crippen LogP contribution in [0.2, 0.25) is 0 Å². The quantitative estimate of drug-likeness (QED) is 0.731. The van der Waals surface area contributed by atoms with Gasteiger partial charge in [-0.2, -0.15) is 0 Å². The molecule has 0 radical (unpaired) electrons. The number of nitrogens with zero attached hydrogens (tertiary/aromatic N) is 2. The van der Waals surface area contributed by atoms with Crippen molar-refractivity contribution in [2.24, 2.45) is 0 Å². The molecule has 17 heavy (non-hydrogen) atoms. The molecule has 1 aromatic heterocycles. The molecule has 0 aromatic carbocycles. The van der Waals surface area contributed by atoms with Crippen LogP contribution in [-0.2, 0) is 4.74 Å². The van der Waals surface area contributed by atoms with Crippen molar-refractivity contribution >= 4 is 0 Å². The zero-order valence-electron chi connectivity index (χ0n) is 10.6. The van der Waals surface area contributed by atoms with Crippen LogP contribution in [0, 0.1) is 0 Å². The average Bonchev–Trinajstić information content (AvgIpc) is 2.77. The fraction of sp³-hybridized carbons (Fsp3) is 0.615. The Kier molecular flexibility index (Phi) is 4.34. The highest BCUT2D eigenvalue weighted by molar-refractivity contribution is 5.21. The molecule has 0 saturated carbocycles. The van der Waals surface area contributed by atoms with Gasteiger partial charge in [0, 0.05) is 25.4 Å². The molecule has 1 aliphatic heterocycles. The molecule has 1 saturated heterocycles. The molecule has 1 unspecified atom stereocenters. The van der Waals surface area contributed by atoms with E-state index in [1.54, 1.807) is 7.11 Å². The van der Waals surface area contributed by atoms with Gasteiger partial charge in [0.15, 0.2) is 0 Å². The smallest absolute Gasteiger partial charge is 0.213 e. The van der Waals surface area contributed by atoms with E-state index in [2.05, 4.69) is 23.0 Å². The van der Waals surface area contributed by atoms with E-state index in [9.17, 15) is 0 Å². The number of pyridine rings is 1. The van der Waals surface area contributed by atoms with E-state index in [1.807, 2.05) is 12.3 Å². The van der Waals surface area contributed by atoms with Crippen LogP contribution in [-0.4, -0.2) is 43.8 Å². The highest BCUT2D eigenvalue weighted by Crippen LogP contribution is 2.30. The summed E-state index contributed by atoms with van der Waals surface area (Å²) in [6.07, 6.45) is 4.42. The van der Waals surface area contributed by atoms with Crippen molar-refractivity contribution < 1.29 is 9.47 Å². The Morgan fingerprint density at radius 2 is 2.29 bits per heavy atom. The van der Waals surface area contributed by atoms with Crippen LogP contribution >= 0.6 is 0 Å². The fourth-order valence-corrected chi connectivity index (χ4v) is 2.24. The Morgan fingerprint density at radius 1 is 1.41 bits per heavy atom. The van der Waals surface area contributed by atoms with Crippen molar-refractivity contribution in [3.05, 3.63) is 23.9 Å². The second-order valence-corrected chi connectivity index (χ2v) is 4.41. The lowest BCUT2D eigenvalue weighted by molar-refractivity contribution is 0.143. The molecule has 0 aliphatic carbocycles. The number of ether oxygens (including phenoxy) is 2. The maximum Gasteiger partial charge on any atom is 0.213 e. The maximum absolute atomic E-state index is 5.44. The highest BCUT2D eigenvalue weighted by Gasteiger charge is 2.22. The Hall–Kier alpha value is -1.13. The Morgan fingerprint density at radius 3 is 2.88 bits per heavy atom. The summed E-state index contributed by atoms with van der Waals surface area (Å²) in [6.45, 7) is 2.32. The van der Waals surface area contributed by atoms with Crippen molar-refractivity contribution in [2.75, 3.05) is 33.9 Å². The Bertz CT molecular complexity index is 340. The van der Waals surface area contributed by atoms with Gasteiger partial charge in [-0.25, -0.2) is 4.98 Å². The summed E-state index contributed by atoms with van der Waals surface area (Å²) in [7, 11) is 3.83. The van der Waals surface area contributed by atoms with Crippen molar-refractivity contribution in [3.63, 3.8) is 0 Å². The van der Waals surface area contributed by atoms with E-state index in [0.29, 0.717) is 25.1 Å². The lowest BCUT2D eigenvalue weighted by atomic mass is 10.1. The first-order valence-electron chi connectivity index (χ1n) is 6.09. The van der Waals surface area contributed by atoms with Gasteiger partial charge in [-0.1, -0.05) is 6.07 Å². The van der Waals surface area contributed by atoms with E-state index in [0.717, 1.165) is 0 Å². The molecular weight excluding hydrogens is 216 g/mol. The Labute approximate surface area is 103 Å². The van der Waals surface area contributed by atoms with Gasteiger partial charge in [0.25, 0.3) is 0 Å². The molecule has 0 bridgehead atoms. The molecular formula is C13H20N2O2. The van der Waals surface area contributed by atoms with Crippen LogP contribution in [0.3, 0.4) is 0 Å². The number of methoxy groups -OCH3 is 1. The molecule has 94 valence electrons. The maximum atomic E-state index is 5.44. The lowest BCUT2D eigenvalue weighted by Crippen LogP contribution is -2.17. The number of rotatable bonds is 5. The van der Waals surface area contributed by atoms with Crippen LogP contribution in [0.25, 0.3) is 0 Å². The first kappa shape index (κ1) is 12.3. The first-order valence-corrected chi connectivity index (χ1v) is 6.09. The van der Waals surface area contributed by atoms with E-state index in [-0.39, 0.29) is 0 Å². The van der Waals surface area contributed by atoms with Crippen molar-refractivity contribution in [1.29, 1.82) is 0 Å². The summed E-state index contributed by atoms with van der Waals surface area (Å²) in [6, 6.07) is 4.58. The zero-order valence-corrected chi connectivity index (χ0v) is 10.6. The second-order valence-electron chi connectivity index (χ2n) is 4.41. The third-order valence-electron chi connectivity index (χ3n) is 3.20. The minimum absolute atomic E-state index is 0.524. The van der Waals surface area contributed by atoms with Gasteiger partial charge < -0.3 is 9.47 Å². The molecule has 0 spiro atoms. The first-order chi connectivity index (χ1) is 8.31. The lowest BCUT2D eigenvalue weighted by Gasteiger charge is -2.19. The van der Waals surface area contributed by atoms with Crippen molar-refractivity contribution in [1.82, 2.24) is 9.88 Å². The molecule has 4 nitrogen and oxygen atoms in total. The predicted molar refractivity (Wildman–Crippen MR) is 66.2 cm³/mol. The largest absolute Gasteiger partial charge is 0.475 e. The van der Waals surface area contributed by atoms with Crippen LogP contribution in [0.5, 0.6) is 5.88 Å². The molecule has 2 heterocycles. The van der Waals surface area contributed by atoms with E-state index in [1.165, 1.54) is 24.9 Å². The SMILES string of the molecule is COCCOc1ccc(C2CCCN2C)cn1. The van der Waals surface area contributed by atoms with Crippen LogP contribution in [0.4, 0.5) is 0 Å². The minimum Gasteiger partial charge on any atom is -0.475 e. The van der Waals surface area contributed by atoms with Gasteiger partial charge in [0.2, 0.25) is 5.88 Å². The topological polar surface area (TPSA) is 34.6 Å². The van der Waals surface area contributed by atoms with E-state index >= 15 is 0 Å². The summed E-state index contributed by atoms with van der Waals surface area (Å²) in [5, 5.41) is 0. The number of hydrogen-bond acceptors (Lipinski definition) is 4. The number of hydrogen-bond donors (Lipinski definition) is 0. The van der Waals surface area contributed by atoms with Gasteiger partial charge in [0.1, 0.15) is 6.61 Å². The molecule has 1 aromatic rings. The van der Waals surface area contributed by atoms with Gasteiger partial charge in [-0.3, -0.25) is 4.90 Å². The standard InChI is InChI=1S/C13H20N2O2/c1-15-7-3-4-12(15)11-5-6-13(14-10-11)17-9-8-16-2/h5-6,10,12H,3-4,7-9H2,1-2H3. The predicted octanol–water partition coefficient (Wildman–Crippen LogP) is 1.87. The summed E-state index contributed by atoms with van der Waals surface area (Å²) < 4.78 is 10.4. The van der Waals surface area contributed by atoms with E-state index in [4.69, 9.17) is 9.47 Å². The summed E-state index contributed by atoms with van der Waals surface area (Å²) in [4.78, 5) is 6.70. The van der Waals surface area contributed by atoms with E-state index < -0.39 is 0 Å². The number of aromatic nitrogens is 1. The molecule has 2 rings (SSSR count). The van der Waals surface area contributed by atoms with Crippen molar-refractivity contribution in [3.8, 4) is 5.88 Å². The highest BCUT2D eigenvalue weighted by atomic mass is 16.5. The van der Waals surface area contributed by atoms with Gasteiger partial charge in [0.05, 0.1) is 6.61 Å². The van der Waals surface area contributed by atoms with Gasteiger partial charge >= 0.3 is 0 Å². The summed E-state index contributed by atoms with van der Waals surface area (Å²) >= 11 is 0. The van der Waals surface area contributed by atoms with Gasteiger partial charge in [-0.15, -0.1) is 0 Å². The molecule has 0 amide bonds. The summed E-state index contributed by atoms with van der Waals surface area (Å²) in [5.41, 5.74) is 1.28. The number of likely N-dealkylation sites (tertiary alicyclic amines) is 1. The fourth-order valence-electron chi connectivity index (χ4n) is 2.24. The average molecular weight is 236 g/mol. The molecule has 1 atom stereocenters. The molecule has 1 aliphatic rings. The normalized spacial score (nSPS) is 20.7. The van der Waals surface area contributed by atoms with Crippen molar-refractivity contribution in [2.45, 2.75) is 18.9 Å². The monoisotopic (exact) mass is 236 g/mol. The third-order valence-corrected chi connectivity index (χ3v) is 3.20. The van der Waals surface area contributed by atoms with Gasteiger partial charge in [-0.05, 0) is 32.0 Å². The summed E-state index contributed by atoms with van der Waals surface area (Å²) in [5.74, 6) is 0.673.